The van der Waals surface area contributed by atoms with E-state index < -0.39 is 0 Å². The largest absolute Gasteiger partial charge is 0.489 e. The van der Waals surface area contributed by atoms with Crippen molar-refractivity contribution in [3.63, 3.8) is 0 Å². The molecule has 0 N–H and O–H groups in total. The van der Waals surface area contributed by atoms with Gasteiger partial charge in [-0.15, -0.1) is 0 Å². The molecule has 0 aliphatic carbocycles. The predicted molar refractivity (Wildman–Crippen MR) is 129 cm³/mol. The molecule has 1 fully saturated rings. The van der Waals surface area contributed by atoms with Crippen LogP contribution in [0.2, 0.25) is 0 Å². The van der Waals surface area contributed by atoms with Gasteiger partial charge in [-0.05, 0) is 50.5 Å². The fourth-order valence-corrected chi connectivity index (χ4v) is 4.17. The van der Waals surface area contributed by atoms with E-state index in [1.807, 2.05) is 49.1 Å². The second-order valence-electron chi connectivity index (χ2n) is 8.63. The highest BCUT2D eigenvalue weighted by atomic mass is 16.5. The second kappa shape index (κ2) is 11.0. The molecular formula is C27H31N3O4. The molecule has 1 aliphatic rings. The lowest BCUT2D eigenvalue weighted by atomic mass is 10.1. The minimum Gasteiger partial charge on any atom is -0.489 e. The Bertz CT molecular complexity index is 1100. The molecule has 1 saturated heterocycles. The number of rotatable bonds is 8. The quantitative estimate of drug-likeness (QED) is 0.503. The number of carbonyl (C=O) groups excluding carboxylic acids is 2. The minimum absolute atomic E-state index is 0.0426. The molecule has 0 atom stereocenters. The van der Waals surface area contributed by atoms with Crippen LogP contribution >= 0.6 is 0 Å². The Morgan fingerprint density at radius 3 is 2.41 bits per heavy atom. The number of piperazine rings is 1. The standard InChI is InChI=1S/C27H31N3O4/c1-20-25(21(2)34-28-20)19-33-24-12-7-11-23(18-24)27(32)30-16-14-29(15-17-30)26(31)13-6-10-22-8-4-3-5-9-22/h3-5,7-9,11-12,18H,6,10,13-17,19H2,1-2H3. The number of hydrogen-bond donors (Lipinski definition) is 0. The summed E-state index contributed by atoms with van der Waals surface area (Å²) in [6, 6.07) is 17.4. The van der Waals surface area contributed by atoms with E-state index in [-0.39, 0.29) is 11.8 Å². The van der Waals surface area contributed by atoms with Gasteiger partial charge in [-0.3, -0.25) is 9.59 Å². The van der Waals surface area contributed by atoms with Gasteiger partial charge in [0.25, 0.3) is 5.91 Å². The Morgan fingerprint density at radius 1 is 0.971 bits per heavy atom. The first-order valence-electron chi connectivity index (χ1n) is 11.8. The third-order valence-electron chi connectivity index (χ3n) is 6.26. The maximum atomic E-state index is 13.0. The number of benzene rings is 2. The summed E-state index contributed by atoms with van der Waals surface area (Å²) < 4.78 is 11.1. The normalized spacial score (nSPS) is 13.7. The number of nitrogens with zero attached hydrogens (tertiary/aromatic N) is 3. The van der Waals surface area contributed by atoms with Crippen LogP contribution in [0.4, 0.5) is 0 Å². The van der Waals surface area contributed by atoms with Crippen molar-refractivity contribution in [2.24, 2.45) is 0 Å². The number of carbonyl (C=O) groups is 2. The van der Waals surface area contributed by atoms with Gasteiger partial charge in [0.05, 0.1) is 11.3 Å². The molecule has 34 heavy (non-hydrogen) atoms. The lowest BCUT2D eigenvalue weighted by Crippen LogP contribution is -2.50. The molecule has 7 nitrogen and oxygen atoms in total. The van der Waals surface area contributed by atoms with Gasteiger partial charge in [-0.1, -0.05) is 41.6 Å². The second-order valence-corrected chi connectivity index (χ2v) is 8.63. The van der Waals surface area contributed by atoms with Crippen molar-refractivity contribution in [3.8, 4) is 5.75 Å². The molecule has 0 radical (unpaired) electrons. The van der Waals surface area contributed by atoms with Crippen LogP contribution in [-0.2, 0) is 17.8 Å². The summed E-state index contributed by atoms with van der Waals surface area (Å²) in [5, 5.41) is 3.94. The lowest BCUT2D eigenvalue weighted by molar-refractivity contribution is -0.132. The van der Waals surface area contributed by atoms with Crippen molar-refractivity contribution in [1.29, 1.82) is 0 Å². The first kappa shape index (κ1) is 23.5. The lowest BCUT2D eigenvalue weighted by Gasteiger charge is -2.35. The Labute approximate surface area is 200 Å². The highest BCUT2D eigenvalue weighted by molar-refractivity contribution is 5.94. The molecule has 2 heterocycles. The van der Waals surface area contributed by atoms with Crippen molar-refractivity contribution >= 4 is 11.8 Å². The maximum absolute atomic E-state index is 13.0. The number of amides is 2. The van der Waals surface area contributed by atoms with E-state index in [1.165, 1.54) is 5.56 Å². The van der Waals surface area contributed by atoms with Crippen LogP contribution < -0.4 is 4.74 Å². The van der Waals surface area contributed by atoms with Crippen LogP contribution in [0.1, 0.15) is 45.8 Å². The topological polar surface area (TPSA) is 75.9 Å². The van der Waals surface area contributed by atoms with Crippen molar-refractivity contribution in [1.82, 2.24) is 15.0 Å². The van der Waals surface area contributed by atoms with Crippen molar-refractivity contribution < 1.29 is 18.8 Å². The van der Waals surface area contributed by atoms with Gasteiger partial charge in [0.2, 0.25) is 5.91 Å². The molecule has 7 heteroatoms. The zero-order valence-electron chi connectivity index (χ0n) is 19.8. The molecule has 1 aromatic heterocycles. The van der Waals surface area contributed by atoms with Gasteiger partial charge < -0.3 is 19.1 Å². The van der Waals surface area contributed by atoms with E-state index in [1.54, 1.807) is 17.0 Å². The summed E-state index contributed by atoms with van der Waals surface area (Å²) in [5.41, 5.74) is 3.56. The molecule has 178 valence electrons. The predicted octanol–water partition coefficient (Wildman–Crippen LogP) is 4.18. The molecule has 0 bridgehead atoms. The van der Waals surface area contributed by atoms with E-state index in [0.29, 0.717) is 50.5 Å². The highest BCUT2D eigenvalue weighted by Gasteiger charge is 2.25. The summed E-state index contributed by atoms with van der Waals surface area (Å²) in [6.45, 7) is 6.27. The fraction of sp³-hybridized carbons (Fsp3) is 0.370. The number of ether oxygens (including phenoxy) is 1. The van der Waals surface area contributed by atoms with Crippen LogP contribution in [-0.4, -0.2) is 52.9 Å². The van der Waals surface area contributed by atoms with E-state index >= 15 is 0 Å². The minimum atomic E-state index is -0.0426. The van der Waals surface area contributed by atoms with Gasteiger partial charge in [0.15, 0.2) is 0 Å². The Morgan fingerprint density at radius 2 is 1.71 bits per heavy atom. The summed E-state index contributed by atoms with van der Waals surface area (Å²) in [7, 11) is 0. The van der Waals surface area contributed by atoms with Crippen molar-refractivity contribution in [2.75, 3.05) is 26.2 Å². The molecule has 0 spiro atoms. The van der Waals surface area contributed by atoms with Gasteiger partial charge in [-0.25, -0.2) is 0 Å². The molecule has 3 aromatic rings. The van der Waals surface area contributed by atoms with Crippen molar-refractivity contribution in [2.45, 2.75) is 39.7 Å². The SMILES string of the molecule is Cc1noc(C)c1COc1cccc(C(=O)N2CCN(C(=O)CCCc3ccccc3)CC2)c1. The van der Waals surface area contributed by atoms with E-state index in [9.17, 15) is 9.59 Å². The summed E-state index contributed by atoms with van der Waals surface area (Å²) in [6.07, 6.45) is 2.27. The van der Waals surface area contributed by atoms with Gasteiger partial charge in [0, 0.05) is 38.2 Å². The third kappa shape index (κ3) is 5.84. The molecule has 0 unspecified atom stereocenters. The van der Waals surface area contributed by atoms with Gasteiger partial charge >= 0.3 is 0 Å². The molecule has 2 amide bonds. The van der Waals surface area contributed by atoms with Crippen LogP contribution in [0.15, 0.2) is 59.1 Å². The number of aryl methyl sites for hydroxylation is 3. The molecule has 0 saturated carbocycles. The Balaban J connectivity index is 1.25. The van der Waals surface area contributed by atoms with Crippen molar-refractivity contribution in [3.05, 3.63) is 82.7 Å². The smallest absolute Gasteiger partial charge is 0.254 e. The summed E-state index contributed by atoms with van der Waals surface area (Å²) in [5.74, 6) is 1.48. The van der Waals surface area contributed by atoms with E-state index in [2.05, 4.69) is 17.3 Å². The maximum Gasteiger partial charge on any atom is 0.254 e. The highest BCUT2D eigenvalue weighted by Crippen LogP contribution is 2.20. The van der Waals surface area contributed by atoms with Crippen LogP contribution in [0.5, 0.6) is 5.75 Å². The fourth-order valence-electron chi connectivity index (χ4n) is 4.17. The zero-order valence-corrected chi connectivity index (χ0v) is 19.8. The Hall–Kier alpha value is -3.61. The third-order valence-corrected chi connectivity index (χ3v) is 6.26. The number of hydrogen-bond acceptors (Lipinski definition) is 5. The van der Waals surface area contributed by atoms with Gasteiger partial charge in [0.1, 0.15) is 18.1 Å². The monoisotopic (exact) mass is 461 g/mol. The Kier molecular flexibility index (Phi) is 7.62. The van der Waals surface area contributed by atoms with E-state index in [4.69, 9.17) is 9.26 Å². The molecule has 2 aromatic carbocycles. The first-order chi connectivity index (χ1) is 16.5. The van der Waals surface area contributed by atoms with Crippen LogP contribution in [0.3, 0.4) is 0 Å². The molecule has 4 rings (SSSR count). The van der Waals surface area contributed by atoms with Crippen LogP contribution in [0, 0.1) is 13.8 Å². The average Bonchev–Trinajstić information content (AvgIpc) is 3.20. The van der Waals surface area contributed by atoms with Crippen LogP contribution in [0.25, 0.3) is 0 Å². The summed E-state index contributed by atoms with van der Waals surface area (Å²) in [4.78, 5) is 29.3. The van der Waals surface area contributed by atoms with Gasteiger partial charge in [-0.2, -0.15) is 0 Å². The average molecular weight is 462 g/mol. The first-order valence-corrected chi connectivity index (χ1v) is 11.8. The molecule has 1 aliphatic heterocycles. The zero-order chi connectivity index (χ0) is 23.9. The van der Waals surface area contributed by atoms with E-state index in [0.717, 1.165) is 29.9 Å². The number of aromatic nitrogens is 1. The summed E-state index contributed by atoms with van der Waals surface area (Å²) >= 11 is 0. The molecular weight excluding hydrogens is 430 g/mol.